The molecule has 1 aromatic carbocycles. The number of fused-ring (bicyclic) bond motifs is 3. The van der Waals surface area contributed by atoms with Gasteiger partial charge in [-0.25, -0.2) is 4.98 Å². The first kappa shape index (κ1) is 11.9. The van der Waals surface area contributed by atoms with Crippen LogP contribution in [0.15, 0.2) is 24.3 Å². The second-order valence-corrected chi connectivity index (χ2v) is 4.50. The summed E-state index contributed by atoms with van der Waals surface area (Å²) in [5.74, 6) is 1.80. The highest BCUT2D eigenvalue weighted by atomic mass is 15.3. The summed E-state index contributed by atoms with van der Waals surface area (Å²) in [7, 11) is 0. The van der Waals surface area contributed by atoms with Crippen molar-refractivity contribution in [2.24, 2.45) is 0 Å². The minimum absolute atomic E-state index is 0.833. The van der Waals surface area contributed by atoms with E-state index in [-0.39, 0.29) is 0 Å². The molecule has 19 heavy (non-hydrogen) atoms. The van der Waals surface area contributed by atoms with E-state index in [9.17, 15) is 0 Å². The Morgan fingerprint density at radius 1 is 1.11 bits per heavy atom. The summed E-state index contributed by atoms with van der Waals surface area (Å²) in [6.07, 6.45) is 0. The van der Waals surface area contributed by atoms with Crippen LogP contribution in [0.5, 0.6) is 0 Å². The Morgan fingerprint density at radius 2 is 1.84 bits per heavy atom. The van der Waals surface area contributed by atoms with Crippen molar-refractivity contribution in [2.45, 2.75) is 20.8 Å². The predicted octanol–water partition coefficient (Wildman–Crippen LogP) is 2.43. The molecule has 98 valence electrons. The van der Waals surface area contributed by atoms with Crippen molar-refractivity contribution < 1.29 is 0 Å². The van der Waals surface area contributed by atoms with Crippen LogP contribution < -0.4 is 4.90 Å². The molecule has 0 aliphatic rings. The number of anilines is 1. The zero-order chi connectivity index (χ0) is 13.4. The van der Waals surface area contributed by atoms with Crippen molar-refractivity contribution in [3.05, 3.63) is 30.1 Å². The number of benzene rings is 1. The first-order chi connectivity index (χ1) is 9.26. The molecule has 0 atom stereocenters. The lowest BCUT2D eigenvalue weighted by Gasteiger charge is -2.20. The molecule has 2 aromatic heterocycles. The van der Waals surface area contributed by atoms with Crippen molar-refractivity contribution >= 4 is 22.5 Å². The van der Waals surface area contributed by atoms with Gasteiger partial charge in [-0.15, -0.1) is 10.2 Å². The van der Waals surface area contributed by atoms with E-state index in [1.54, 1.807) is 0 Å². The standard InChI is InChI=1S/C14H17N5/c1-4-18(5-2)13-14-17-16-10(3)19(14)12-9-7-6-8-11(12)15-13/h6-9H,4-5H2,1-3H3. The third-order valence-electron chi connectivity index (χ3n) is 3.44. The van der Waals surface area contributed by atoms with E-state index in [2.05, 4.69) is 39.4 Å². The molecule has 3 rings (SSSR count). The van der Waals surface area contributed by atoms with Crippen LogP contribution in [0.1, 0.15) is 19.7 Å². The van der Waals surface area contributed by atoms with Crippen LogP contribution in [0.4, 0.5) is 5.82 Å². The summed E-state index contributed by atoms with van der Waals surface area (Å²) in [6.45, 7) is 8.03. The smallest absolute Gasteiger partial charge is 0.204 e. The molecule has 0 saturated carbocycles. The molecule has 0 radical (unpaired) electrons. The Kier molecular flexibility index (Phi) is 2.81. The maximum Gasteiger partial charge on any atom is 0.204 e. The maximum absolute atomic E-state index is 4.76. The zero-order valence-electron chi connectivity index (χ0n) is 11.5. The summed E-state index contributed by atoms with van der Waals surface area (Å²) in [5.41, 5.74) is 2.86. The highest BCUT2D eigenvalue weighted by molar-refractivity contribution is 5.83. The highest BCUT2D eigenvalue weighted by Gasteiger charge is 2.15. The minimum atomic E-state index is 0.833. The van der Waals surface area contributed by atoms with E-state index >= 15 is 0 Å². The van der Waals surface area contributed by atoms with Crippen LogP contribution >= 0.6 is 0 Å². The van der Waals surface area contributed by atoms with Crippen LogP contribution in [0.3, 0.4) is 0 Å². The second kappa shape index (κ2) is 4.50. The Hall–Kier alpha value is -2.17. The number of aryl methyl sites for hydroxylation is 1. The largest absolute Gasteiger partial charge is 0.354 e. The van der Waals surface area contributed by atoms with Crippen LogP contribution in [0, 0.1) is 6.92 Å². The minimum Gasteiger partial charge on any atom is -0.354 e. The highest BCUT2D eigenvalue weighted by Crippen LogP contribution is 2.23. The summed E-state index contributed by atoms with van der Waals surface area (Å²) >= 11 is 0. The Labute approximate surface area is 111 Å². The molecule has 0 bridgehead atoms. The maximum atomic E-state index is 4.76. The fourth-order valence-corrected chi connectivity index (χ4v) is 2.44. The monoisotopic (exact) mass is 255 g/mol. The van der Waals surface area contributed by atoms with Gasteiger partial charge in [0.05, 0.1) is 11.0 Å². The van der Waals surface area contributed by atoms with Crippen molar-refractivity contribution in [1.82, 2.24) is 19.6 Å². The third kappa shape index (κ3) is 1.73. The van der Waals surface area contributed by atoms with Gasteiger partial charge in [0.1, 0.15) is 5.82 Å². The van der Waals surface area contributed by atoms with E-state index in [0.29, 0.717) is 0 Å². The fourth-order valence-electron chi connectivity index (χ4n) is 2.44. The summed E-state index contributed by atoms with van der Waals surface area (Å²) in [6, 6.07) is 8.10. The lowest BCUT2D eigenvalue weighted by molar-refractivity contribution is 0.847. The van der Waals surface area contributed by atoms with Gasteiger partial charge in [-0.2, -0.15) is 0 Å². The average Bonchev–Trinajstić information content (AvgIpc) is 2.83. The zero-order valence-corrected chi connectivity index (χ0v) is 11.5. The van der Waals surface area contributed by atoms with E-state index in [1.165, 1.54) is 0 Å². The van der Waals surface area contributed by atoms with Crippen molar-refractivity contribution in [3.8, 4) is 0 Å². The average molecular weight is 255 g/mol. The molecule has 0 aliphatic heterocycles. The Balaban J connectivity index is 2.43. The van der Waals surface area contributed by atoms with Crippen molar-refractivity contribution in [1.29, 1.82) is 0 Å². The van der Waals surface area contributed by atoms with E-state index in [4.69, 9.17) is 4.98 Å². The first-order valence-electron chi connectivity index (χ1n) is 6.61. The summed E-state index contributed by atoms with van der Waals surface area (Å²) in [4.78, 5) is 6.97. The fraction of sp³-hybridized carbons (Fsp3) is 0.357. The van der Waals surface area contributed by atoms with Gasteiger partial charge in [0.15, 0.2) is 5.82 Å². The molecule has 0 unspecified atom stereocenters. The molecule has 0 fully saturated rings. The number of hydrogen-bond donors (Lipinski definition) is 0. The van der Waals surface area contributed by atoms with Gasteiger partial charge in [-0.1, -0.05) is 12.1 Å². The van der Waals surface area contributed by atoms with Crippen molar-refractivity contribution in [3.63, 3.8) is 0 Å². The summed E-state index contributed by atoms with van der Waals surface area (Å²) in [5, 5.41) is 8.50. The molecule has 5 heteroatoms. The van der Waals surface area contributed by atoms with Gasteiger partial charge in [0.25, 0.3) is 0 Å². The number of rotatable bonds is 3. The van der Waals surface area contributed by atoms with Crippen LogP contribution in [0.2, 0.25) is 0 Å². The van der Waals surface area contributed by atoms with Gasteiger partial charge in [-0.3, -0.25) is 4.40 Å². The number of nitrogens with zero attached hydrogens (tertiary/aromatic N) is 5. The van der Waals surface area contributed by atoms with Gasteiger partial charge in [0, 0.05) is 13.1 Å². The lowest BCUT2D eigenvalue weighted by Crippen LogP contribution is -2.24. The van der Waals surface area contributed by atoms with E-state index in [0.717, 1.165) is 41.4 Å². The molecular formula is C14H17N5. The van der Waals surface area contributed by atoms with E-state index in [1.807, 2.05) is 25.1 Å². The SMILES string of the molecule is CCN(CC)c1nc2ccccc2n2c(C)nnc12. The predicted molar refractivity (Wildman–Crippen MR) is 76.6 cm³/mol. The second-order valence-electron chi connectivity index (χ2n) is 4.50. The third-order valence-corrected chi connectivity index (χ3v) is 3.44. The summed E-state index contributed by atoms with van der Waals surface area (Å²) < 4.78 is 2.08. The Bertz CT molecular complexity index is 727. The lowest BCUT2D eigenvalue weighted by atomic mass is 10.3. The van der Waals surface area contributed by atoms with Gasteiger partial charge in [-0.05, 0) is 32.9 Å². The quantitative estimate of drug-likeness (QED) is 0.721. The normalized spacial score (nSPS) is 11.3. The molecule has 0 N–H and O–H groups in total. The topological polar surface area (TPSA) is 46.3 Å². The van der Waals surface area contributed by atoms with Gasteiger partial charge in [0.2, 0.25) is 5.65 Å². The molecule has 2 heterocycles. The molecule has 0 aliphatic carbocycles. The molecule has 0 spiro atoms. The number of aromatic nitrogens is 4. The molecule has 0 saturated heterocycles. The molecule has 5 nitrogen and oxygen atoms in total. The molecular weight excluding hydrogens is 238 g/mol. The Morgan fingerprint density at radius 3 is 2.58 bits per heavy atom. The molecule has 3 aromatic rings. The number of hydrogen-bond acceptors (Lipinski definition) is 4. The van der Waals surface area contributed by atoms with Crippen molar-refractivity contribution in [2.75, 3.05) is 18.0 Å². The molecule has 0 amide bonds. The van der Waals surface area contributed by atoms with Crippen LogP contribution in [-0.2, 0) is 0 Å². The van der Waals surface area contributed by atoms with Crippen LogP contribution in [0.25, 0.3) is 16.7 Å². The van der Waals surface area contributed by atoms with Crippen LogP contribution in [-0.4, -0.2) is 32.7 Å². The number of para-hydroxylation sites is 2. The van der Waals surface area contributed by atoms with Gasteiger partial charge >= 0.3 is 0 Å². The van der Waals surface area contributed by atoms with E-state index < -0.39 is 0 Å². The van der Waals surface area contributed by atoms with Gasteiger partial charge < -0.3 is 4.90 Å². The first-order valence-corrected chi connectivity index (χ1v) is 6.61.